The van der Waals surface area contributed by atoms with Crippen molar-refractivity contribution in [3.8, 4) is 11.5 Å². The van der Waals surface area contributed by atoms with Crippen molar-refractivity contribution < 1.29 is 27.5 Å². The van der Waals surface area contributed by atoms with Crippen LogP contribution >= 0.6 is 0 Å². The summed E-state index contributed by atoms with van der Waals surface area (Å²) in [5.41, 5.74) is 2.28. The van der Waals surface area contributed by atoms with Gasteiger partial charge in [-0.25, -0.2) is 8.42 Å². The highest BCUT2D eigenvalue weighted by Gasteiger charge is 2.33. The lowest BCUT2D eigenvalue weighted by Gasteiger charge is -2.33. The van der Waals surface area contributed by atoms with Crippen LogP contribution in [0.4, 0.5) is 5.69 Å². The SMILES string of the molecule is CCCCNC(=O)[C@H](CC)N(CCc1ccccc1)C(=O)CN(c1ccc(C)cc1)S(=O)(=O)c1ccc(OC)c(OC)c1. The Balaban J connectivity index is 2.02. The van der Waals surface area contributed by atoms with Crippen LogP contribution < -0.4 is 19.1 Å². The number of aryl methyl sites for hydroxylation is 1. The predicted octanol–water partition coefficient (Wildman–Crippen LogP) is 4.97. The summed E-state index contributed by atoms with van der Waals surface area (Å²) in [5, 5.41) is 2.95. The molecule has 0 radical (unpaired) electrons. The zero-order chi connectivity index (χ0) is 31.4. The van der Waals surface area contributed by atoms with Gasteiger partial charge in [-0.05, 0) is 56.0 Å². The Morgan fingerprint density at radius 1 is 0.907 bits per heavy atom. The number of hydrogen-bond donors (Lipinski definition) is 1. The van der Waals surface area contributed by atoms with E-state index in [-0.39, 0.29) is 23.1 Å². The molecule has 43 heavy (non-hydrogen) atoms. The topological polar surface area (TPSA) is 105 Å². The molecule has 0 saturated carbocycles. The number of nitrogens with one attached hydrogen (secondary N) is 1. The van der Waals surface area contributed by atoms with E-state index in [4.69, 9.17) is 9.47 Å². The molecular formula is C33H43N3O6S. The fourth-order valence-corrected chi connectivity index (χ4v) is 6.18. The number of carbonyl (C=O) groups excluding carboxylic acids is 2. The summed E-state index contributed by atoms with van der Waals surface area (Å²) in [4.78, 5) is 28.9. The van der Waals surface area contributed by atoms with E-state index in [9.17, 15) is 18.0 Å². The Morgan fingerprint density at radius 2 is 1.58 bits per heavy atom. The van der Waals surface area contributed by atoms with Crippen LogP contribution in [0.15, 0.2) is 77.7 Å². The van der Waals surface area contributed by atoms with E-state index >= 15 is 0 Å². The Morgan fingerprint density at radius 3 is 2.19 bits per heavy atom. The van der Waals surface area contributed by atoms with Crippen LogP contribution in [0.3, 0.4) is 0 Å². The molecule has 0 aliphatic carbocycles. The summed E-state index contributed by atoms with van der Waals surface area (Å²) in [6.45, 7) is 6.06. The van der Waals surface area contributed by atoms with Crippen molar-refractivity contribution in [2.75, 3.05) is 38.2 Å². The molecule has 0 bridgehead atoms. The van der Waals surface area contributed by atoms with E-state index < -0.39 is 28.5 Å². The molecule has 0 fully saturated rings. The first-order chi connectivity index (χ1) is 20.7. The lowest BCUT2D eigenvalue weighted by Crippen LogP contribution is -2.53. The second-order valence-electron chi connectivity index (χ2n) is 10.3. The zero-order valence-corrected chi connectivity index (χ0v) is 26.5. The van der Waals surface area contributed by atoms with Gasteiger partial charge in [0, 0.05) is 19.2 Å². The quantitative estimate of drug-likeness (QED) is 0.230. The Kier molecular flexibility index (Phi) is 12.4. The van der Waals surface area contributed by atoms with Crippen molar-refractivity contribution in [1.82, 2.24) is 10.2 Å². The van der Waals surface area contributed by atoms with Gasteiger partial charge in [-0.15, -0.1) is 0 Å². The maximum Gasteiger partial charge on any atom is 0.264 e. The minimum Gasteiger partial charge on any atom is -0.493 e. The standard InChI is InChI=1S/C33H43N3O6S/c1-6-8-21-34-33(38)29(7-2)35(22-20-26-12-10-9-11-13-26)32(37)24-36(27-16-14-25(3)15-17-27)43(39,40)28-18-19-30(41-4)31(23-28)42-5/h9-19,23,29H,6-8,20-22,24H2,1-5H3,(H,34,38)/t29-/m0/s1. The molecule has 0 aromatic heterocycles. The van der Waals surface area contributed by atoms with E-state index in [0.29, 0.717) is 30.8 Å². The number of nitrogens with zero attached hydrogens (tertiary/aromatic N) is 2. The van der Waals surface area contributed by atoms with Crippen LogP contribution in [-0.2, 0) is 26.0 Å². The number of ether oxygens (including phenoxy) is 2. The largest absolute Gasteiger partial charge is 0.493 e. The first-order valence-electron chi connectivity index (χ1n) is 14.6. The summed E-state index contributed by atoms with van der Waals surface area (Å²) in [6.07, 6.45) is 2.64. The number of carbonyl (C=O) groups is 2. The lowest BCUT2D eigenvalue weighted by atomic mass is 10.1. The molecule has 0 aliphatic heterocycles. The molecule has 0 saturated heterocycles. The number of rotatable bonds is 16. The maximum atomic E-state index is 14.2. The number of benzene rings is 3. The molecule has 0 unspecified atom stereocenters. The molecule has 0 aliphatic rings. The van der Waals surface area contributed by atoms with Crippen molar-refractivity contribution >= 4 is 27.5 Å². The van der Waals surface area contributed by atoms with Crippen LogP contribution in [0, 0.1) is 6.92 Å². The van der Waals surface area contributed by atoms with Gasteiger partial charge >= 0.3 is 0 Å². The first-order valence-corrected chi connectivity index (χ1v) is 16.0. The highest BCUT2D eigenvalue weighted by atomic mass is 32.2. The van der Waals surface area contributed by atoms with Gasteiger partial charge in [0.2, 0.25) is 11.8 Å². The van der Waals surface area contributed by atoms with Crippen molar-refractivity contribution in [3.05, 3.63) is 83.9 Å². The summed E-state index contributed by atoms with van der Waals surface area (Å²) >= 11 is 0. The van der Waals surface area contributed by atoms with Crippen LogP contribution in [-0.4, -0.2) is 65.0 Å². The smallest absolute Gasteiger partial charge is 0.264 e. The molecule has 10 heteroatoms. The van der Waals surface area contributed by atoms with Gasteiger partial charge in [0.05, 0.1) is 24.8 Å². The molecule has 9 nitrogen and oxygen atoms in total. The lowest BCUT2D eigenvalue weighted by molar-refractivity contribution is -0.139. The molecule has 3 aromatic carbocycles. The van der Waals surface area contributed by atoms with Crippen molar-refractivity contribution in [1.29, 1.82) is 0 Å². The number of unbranched alkanes of at least 4 members (excludes halogenated alkanes) is 1. The zero-order valence-electron chi connectivity index (χ0n) is 25.7. The Labute approximate surface area is 255 Å². The minimum absolute atomic E-state index is 0.0567. The second-order valence-corrected chi connectivity index (χ2v) is 12.1. The third-order valence-electron chi connectivity index (χ3n) is 7.24. The van der Waals surface area contributed by atoms with Crippen molar-refractivity contribution in [3.63, 3.8) is 0 Å². The highest BCUT2D eigenvalue weighted by molar-refractivity contribution is 7.92. The number of sulfonamides is 1. The van der Waals surface area contributed by atoms with E-state index in [1.807, 2.05) is 51.1 Å². The van der Waals surface area contributed by atoms with Crippen molar-refractivity contribution in [2.45, 2.75) is 57.4 Å². The molecule has 0 heterocycles. The average molecular weight is 610 g/mol. The maximum absolute atomic E-state index is 14.2. The monoisotopic (exact) mass is 609 g/mol. The molecule has 232 valence electrons. The van der Waals surface area contributed by atoms with Gasteiger partial charge in [-0.2, -0.15) is 0 Å². The normalized spacial score (nSPS) is 11.8. The highest BCUT2D eigenvalue weighted by Crippen LogP contribution is 2.32. The van der Waals surface area contributed by atoms with Gasteiger partial charge in [0.1, 0.15) is 12.6 Å². The van der Waals surface area contributed by atoms with Crippen LogP contribution in [0.1, 0.15) is 44.2 Å². The van der Waals surface area contributed by atoms with E-state index in [0.717, 1.165) is 28.3 Å². The van der Waals surface area contributed by atoms with Gasteiger partial charge < -0.3 is 19.7 Å². The third-order valence-corrected chi connectivity index (χ3v) is 9.01. The number of hydrogen-bond acceptors (Lipinski definition) is 6. The average Bonchev–Trinajstić information content (AvgIpc) is 3.02. The van der Waals surface area contributed by atoms with Crippen molar-refractivity contribution in [2.24, 2.45) is 0 Å². The van der Waals surface area contributed by atoms with E-state index in [1.54, 1.807) is 24.3 Å². The predicted molar refractivity (Wildman–Crippen MR) is 169 cm³/mol. The summed E-state index contributed by atoms with van der Waals surface area (Å²) in [7, 11) is -1.35. The summed E-state index contributed by atoms with van der Waals surface area (Å²) < 4.78 is 40.0. The fraction of sp³-hybridized carbons (Fsp3) is 0.394. The van der Waals surface area contributed by atoms with Gasteiger partial charge in [-0.1, -0.05) is 68.3 Å². The minimum atomic E-state index is -4.24. The number of amides is 2. The molecule has 2 amide bonds. The molecule has 0 spiro atoms. The molecular weight excluding hydrogens is 566 g/mol. The van der Waals surface area contributed by atoms with Gasteiger partial charge in [0.15, 0.2) is 11.5 Å². The molecule has 3 aromatic rings. The Hall–Kier alpha value is -4.05. The van der Waals surface area contributed by atoms with Gasteiger partial charge in [0.25, 0.3) is 10.0 Å². The molecule has 1 atom stereocenters. The molecule has 3 rings (SSSR count). The Bertz CT molecular complexity index is 1450. The summed E-state index contributed by atoms with van der Waals surface area (Å²) in [6, 6.07) is 20.2. The van der Waals surface area contributed by atoms with E-state index in [1.165, 1.54) is 37.3 Å². The fourth-order valence-electron chi connectivity index (χ4n) is 4.75. The third kappa shape index (κ3) is 8.73. The van der Waals surface area contributed by atoms with Gasteiger partial charge in [-0.3, -0.25) is 13.9 Å². The number of anilines is 1. The first kappa shape index (κ1) is 33.5. The second kappa shape index (κ2) is 16.0. The van der Waals surface area contributed by atoms with E-state index in [2.05, 4.69) is 5.32 Å². The summed E-state index contributed by atoms with van der Waals surface area (Å²) in [5.74, 6) is -0.0931. The number of methoxy groups -OCH3 is 2. The van der Waals surface area contributed by atoms with Crippen LogP contribution in [0.2, 0.25) is 0 Å². The van der Waals surface area contributed by atoms with Crippen LogP contribution in [0.5, 0.6) is 11.5 Å². The molecule has 1 N–H and O–H groups in total. The van der Waals surface area contributed by atoms with Crippen LogP contribution in [0.25, 0.3) is 0 Å².